The summed E-state index contributed by atoms with van der Waals surface area (Å²) in [7, 11) is 0. The van der Waals surface area contributed by atoms with E-state index < -0.39 is 0 Å². The Morgan fingerprint density at radius 2 is 1.00 bits per heavy atom. The van der Waals surface area contributed by atoms with Gasteiger partial charge in [0.25, 0.3) is 6.71 Å². The molecule has 0 atom stereocenters. The van der Waals surface area contributed by atoms with Crippen LogP contribution in [0.25, 0.3) is 0 Å². The van der Waals surface area contributed by atoms with Crippen molar-refractivity contribution in [2.24, 2.45) is 0 Å². The molecule has 6 aromatic rings. The van der Waals surface area contributed by atoms with Crippen LogP contribution in [0.15, 0.2) is 149 Å². The lowest BCUT2D eigenvalue weighted by atomic mass is 9.33. The number of rotatable bonds is 3. The average Bonchev–Trinajstić information content (AvgIpc) is 3.19. The van der Waals surface area contributed by atoms with E-state index in [1.807, 2.05) is 11.8 Å². The maximum atomic E-state index is 2.59. The highest BCUT2D eigenvalue weighted by atomic mass is 32.2. The van der Waals surface area contributed by atoms with Crippen LogP contribution < -0.4 is 31.1 Å². The molecular formula is C50H48BN3S. The SMILES string of the molecule is CC(C)(C)c1ccc(N2c3ccccc3B3c4ccc(N5C6=C(CCCC6)Sc6ccccc65)cc4N(c4ccc(C(C)(C)C)cc4)c4cccc2c43)cc1. The first kappa shape index (κ1) is 34.4. The van der Waals surface area contributed by atoms with E-state index >= 15 is 0 Å². The number of thioether (sulfide) groups is 1. The Balaban J connectivity index is 1.21. The van der Waals surface area contributed by atoms with Gasteiger partial charge in [-0.05, 0) is 131 Å². The molecule has 3 nitrogen and oxygen atoms in total. The van der Waals surface area contributed by atoms with Gasteiger partial charge >= 0.3 is 0 Å². The van der Waals surface area contributed by atoms with Crippen molar-refractivity contribution in [1.82, 2.24) is 0 Å². The molecule has 1 aliphatic carbocycles. The van der Waals surface area contributed by atoms with E-state index in [1.165, 1.54) is 101 Å². The lowest BCUT2D eigenvalue weighted by Crippen LogP contribution is -2.61. The zero-order valence-corrected chi connectivity index (χ0v) is 33.7. The van der Waals surface area contributed by atoms with Crippen molar-refractivity contribution < 1.29 is 0 Å². The van der Waals surface area contributed by atoms with Crippen LogP contribution in [0.4, 0.5) is 45.5 Å². The van der Waals surface area contributed by atoms with Gasteiger partial charge in [0.1, 0.15) is 0 Å². The van der Waals surface area contributed by atoms with Crippen LogP contribution in [-0.4, -0.2) is 6.71 Å². The molecule has 4 aliphatic rings. The predicted octanol–water partition coefficient (Wildman–Crippen LogP) is 12.4. The van der Waals surface area contributed by atoms with Gasteiger partial charge in [-0.2, -0.15) is 0 Å². The Labute approximate surface area is 331 Å². The molecule has 5 heteroatoms. The molecule has 0 saturated carbocycles. The minimum absolute atomic E-state index is 0.0698. The fourth-order valence-corrected chi connectivity index (χ4v) is 10.5. The maximum Gasteiger partial charge on any atom is 0.252 e. The zero-order valence-electron chi connectivity index (χ0n) is 32.9. The number of benzene rings is 6. The number of hydrogen-bond donors (Lipinski definition) is 0. The molecule has 0 spiro atoms. The highest BCUT2D eigenvalue weighted by Gasteiger charge is 2.43. The predicted molar refractivity (Wildman–Crippen MR) is 238 cm³/mol. The summed E-state index contributed by atoms with van der Waals surface area (Å²) in [5.74, 6) is 0. The standard InChI is InChI=1S/C50H48BN3S/c1-49(2,3)33-22-26-35(27-23-33)52-40-15-8-7-14-38(40)51-39-31-30-37(54-41-16-9-11-20-46(41)55-47-21-12-10-17-42(47)54)32-45(39)53(44-19-13-18-43(52)48(44)51)36-28-24-34(25-29-36)50(4,5)6/h7-9,11,13-16,18-20,22-32H,10,12,17,21H2,1-6H3. The number of para-hydroxylation sites is 2. The molecule has 272 valence electrons. The summed E-state index contributed by atoms with van der Waals surface area (Å²) in [5.41, 5.74) is 18.3. The molecule has 6 aromatic carbocycles. The van der Waals surface area contributed by atoms with Crippen molar-refractivity contribution in [3.63, 3.8) is 0 Å². The second-order valence-electron chi connectivity index (χ2n) is 17.7. The molecule has 0 N–H and O–H groups in total. The largest absolute Gasteiger partial charge is 0.312 e. The number of allylic oxidation sites excluding steroid dienone is 2. The molecule has 0 saturated heterocycles. The first-order chi connectivity index (χ1) is 26.6. The Bertz CT molecular complexity index is 2500. The second-order valence-corrected chi connectivity index (χ2v) is 18.8. The minimum Gasteiger partial charge on any atom is -0.312 e. The van der Waals surface area contributed by atoms with Crippen LogP contribution in [0.2, 0.25) is 0 Å². The van der Waals surface area contributed by atoms with Crippen molar-refractivity contribution in [3.8, 4) is 0 Å². The van der Waals surface area contributed by atoms with Crippen LogP contribution in [0.5, 0.6) is 0 Å². The molecule has 0 fully saturated rings. The van der Waals surface area contributed by atoms with E-state index in [2.05, 4.69) is 190 Å². The summed E-state index contributed by atoms with van der Waals surface area (Å²) in [6.45, 7) is 13.8. The normalized spacial score (nSPS) is 16.0. The van der Waals surface area contributed by atoms with E-state index in [4.69, 9.17) is 0 Å². The lowest BCUT2D eigenvalue weighted by Gasteiger charge is -2.44. The smallest absolute Gasteiger partial charge is 0.252 e. The maximum absolute atomic E-state index is 2.59. The fourth-order valence-electron chi connectivity index (χ4n) is 9.30. The Hall–Kier alpha value is -5.13. The van der Waals surface area contributed by atoms with Crippen molar-refractivity contribution in [2.75, 3.05) is 14.7 Å². The first-order valence-electron chi connectivity index (χ1n) is 20.0. The summed E-state index contributed by atoms with van der Waals surface area (Å²) < 4.78 is 0. The van der Waals surface area contributed by atoms with Gasteiger partial charge in [-0.3, -0.25) is 0 Å². The van der Waals surface area contributed by atoms with Crippen LogP contribution in [-0.2, 0) is 10.8 Å². The Morgan fingerprint density at radius 1 is 0.473 bits per heavy atom. The first-order valence-corrected chi connectivity index (χ1v) is 20.8. The molecule has 0 bridgehead atoms. The van der Waals surface area contributed by atoms with E-state index in [-0.39, 0.29) is 17.5 Å². The summed E-state index contributed by atoms with van der Waals surface area (Å²) in [6, 6.07) is 50.9. The van der Waals surface area contributed by atoms with E-state index in [0.717, 1.165) is 12.8 Å². The van der Waals surface area contributed by atoms with E-state index in [9.17, 15) is 0 Å². The van der Waals surface area contributed by atoms with Gasteiger partial charge in [0.2, 0.25) is 0 Å². The van der Waals surface area contributed by atoms with Gasteiger partial charge in [0.05, 0.1) is 5.69 Å². The average molecular weight is 734 g/mol. The minimum atomic E-state index is 0.0698. The van der Waals surface area contributed by atoms with Crippen molar-refractivity contribution in [2.45, 2.75) is 83.0 Å². The highest BCUT2D eigenvalue weighted by molar-refractivity contribution is 8.03. The summed E-state index contributed by atoms with van der Waals surface area (Å²) in [4.78, 5) is 10.5. The lowest BCUT2D eigenvalue weighted by molar-refractivity contribution is 0.590. The Morgan fingerprint density at radius 3 is 1.65 bits per heavy atom. The van der Waals surface area contributed by atoms with Gasteiger partial charge in [-0.25, -0.2) is 0 Å². The number of hydrogen-bond acceptors (Lipinski definition) is 4. The van der Waals surface area contributed by atoms with E-state index in [0.29, 0.717) is 0 Å². The summed E-state index contributed by atoms with van der Waals surface area (Å²) >= 11 is 1.99. The molecule has 0 aromatic heterocycles. The van der Waals surface area contributed by atoms with Gasteiger partial charge in [-0.15, -0.1) is 0 Å². The number of anilines is 8. The quantitative estimate of drug-likeness (QED) is 0.167. The molecule has 0 radical (unpaired) electrons. The van der Waals surface area contributed by atoms with Gasteiger partial charge in [-0.1, -0.05) is 120 Å². The van der Waals surface area contributed by atoms with Gasteiger partial charge in [0, 0.05) is 55.3 Å². The van der Waals surface area contributed by atoms with Gasteiger partial charge < -0.3 is 14.7 Å². The third-order valence-electron chi connectivity index (χ3n) is 12.1. The third kappa shape index (κ3) is 5.57. The van der Waals surface area contributed by atoms with Crippen LogP contribution >= 0.6 is 11.8 Å². The van der Waals surface area contributed by atoms with Crippen molar-refractivity contribution in [3.05, 3.63) is 155 Å². The van der Waals surface area contributed by atoms with Crippen molar-refractivity contribution >= 4 is 80.4 Å². The zero-order chi connectivity index (χ0) is 37.6. The second kappa shape index (κ2) is 12.7. The molecule has 3 heterocycles. The van der Waals surface area contributed by atoms with Crippen LogP contribution in [0.3, 0.4) is 0 Å². The van der Waals surface area contributed by atoms with Crippen LogP contribution in [0, 0.1) is 0 Å². The molecule has 0 amide bonds. The molecular weight excluding hydrogens is 685 g/mol. The third-order valence-corrected chi connectivity index (χ3v) is 13.4. The Kier molecular flexibility index (Phi) is 7.94. The summed E-state index contributed by atoms with van der Waals surface area (Å²) in [5, 5.41) is 0. The molecule has 55 heavy (non-hydrogen) atoms. The molecule has 3 aliphatic heterocycles. The van der Waals surface area contributed by atoms with Gasteiger partial charge in [0.15, 0.2) is 0 Å². The van der Waals surface area contributed by atoms with E-state index in [1.54, 1.807) is 0 Å². The monoisotopic (exact) mass is 733 g/mol. The summed E-state index contributed by atoms with van der Waals surface area (Å²) in [6.07, 6.45) is 4.77. The molecule has 10 rings (SSSR count). The van der Waals surface area contributed by atoms with Crippen LogP contribution in [0.1, 0.15) is 78.4 Å². The number of fused-ring (bicyclic) bond motifs is 5. The topological polar surface area (TPSA) is 9.72 Å². The number of nitrogens with zero attached hydrogens (tertiary/aromatic N) is 3. The van der Waals surface area contributed by atoms with Crippen molar-refractivity contribution in [1.29, 1.82) is 0 Å². The molecule has 0 unspecified atom stereocenters. The highest BCUT2D eigenvalue weighted by Crippen LogP contribution is 2.52. The fraction of sp³-hybridized carbons (Fsp3) is 0.240.